The summed E-state index contributed by atoms with van der Waals surface area (Å²) in [7, 11) is 0. The van der Waals surface area contributed by atoms with Gasteiger partial charge in [0.25, 0.3) is 0 Å². The van der Waals surface area contributed by atoms with Gasteiger partial charge in [0.15, 0.2) is 0 Å². The monoisotopic (exact) mass is 305 g/mol. The summed E-state index contributed by atoms with van der Waals surface area (Å²) in [6.07, 6.45) is 4.99. The van der Waals surface area contributed by atoms with E-state index in [1.54, 1.807) is 0 Å². The van der Waals surface area contributed by atoms with Crippen LogP contribution in [0.1, 0.15) is 23.5 Å². The van der Waals surface area contributed by atoms with Crippen LogP contribution in [0, 0.1) is 0 Å². The van der Waals surface area contributed by atoms with E-state index in [9.17, 15) is 0 Å². The summed E-state index contributed by atoms with van der Waals surface area (Å²) in [4.78, 5) is 4.55. The molecule has 0 aliphatic carbocycles. The lowest BCUT2D eigenvalue weighted by atomic mass is 10.1. The number of fused-ring (bicyclic) bond motifs is 1. The summed E-state index contributed by atoms with van der Waals surface area (Å²) in [5.41, 5.74) is 8.63. The van der Waals surface area contributed by atoms with Crippen LogP contribution in [0.2, 0.25) is 0 Å². The van der Waals surface area contributed by atoms with E-state index in [1.165, 1.54) is 11.3 Å². The van der Waals surface area contributed by atoms with Gasteiger partial charge in [-0.15, -0.1) is 0 Å². The average molecular weight is 306 g/mol. The zero-order chi connectivity index (χ0) is 12.5. The highest BCUT2D eigenvalue weighted by Crippen LogP contribution is 2.19. The van der Waals surface area contributed by atoms with E-state index >= 15 is 0 Å². The molecule has 3 rings (SSSR count). The first-order valence-corrected chi connectivity index (χ1v) is 7.05. The van der Waals surface area contributed by atoms with Crippen molar-refractivity contribution < 1.29 is 0 Å². The van der Waals surface area contributed by atoms with Crippen LogP contribution in [-0.4, -0.2) is 15.6 Å². The molecule has 0 bridgehead atoms. The molecular formula is C14H16BrN3. The van der Waals surface area contributed by atoms with Gasteiger partial charge in [-0.05, 0) is 30.5 Å². The maximum absolute atomic E-state index is 6.04. The molecule has 0 amide bonds. The Morgan fingerprint density at radius 2 is 2.33 bits per heavy atom. The Morgan fingerprint density at radius 3 is 3.17 bits per heavy atom. The van der Waals surface area contributed by atoms with Crippen LogP contribution < -0.4 is 5.73 Å². The second-order valence-corrected chi connectivity index (χ2v) is 5.80. The molecule has 3 nitrogen and oxygen atoms in total. The van der Waals surface area contributed by atoms with E-state index in [4.69, 9.17) is 5.73 Å². The molecular weight excluding hydrogens is 290 g/mol. The Kier molecular flexibility index (Phi) is 3.22. The van der Waals surface area contributed by atoms with Gasteiger partial charge in [0.1, 0.15) is 5.82 Å². The standard InChI is InChI=1S/C14H16BrN3/c15-11-3-1-2-10(6-11)7-14-17-8-13-5-4-12(16)9-18(13)14/h1-3,6,8,12H,4-5,7,9,16H2. The first-order valence-electron chi connectivity index (χ1n) is 6.25. The normalized spacial score (nSPS) is 18.7. The predicted octanol–water partition coefficient (Wildman–Crippen LogP) is 2.51. The summed E-state index contributed by atoms with van der Waals surface area (Å²) < 4.78 is 3.40. The van der Waals surface area contributed by atoms with Gasteiger partial charge < -0.3 is 10.3 Å². The maximum Gasteiger partial charge on any atom is 0.113 e. The number of halogens is 1. The number of imidazole rings is 1. The Hall–Kier alpha value is -1.13. The van der Waals surface area contributed by atoms with Crippen molar-refractivity contribution in [2.45, 2.75) is 31.8 Å². The van der Waals surface area contributed by atoms with Crippen LogP contribution in [0.4, 0.5) is 0 Å². The molecule has 94 valence electrons. The van der Waals surface area contributed by atoms with Crippen LogP contribution in [-0.2, 0) is 19.4 Å². The van der Waals surface area contributed by atoms with Crippen molar-refractivity contribution in [2.75, 3.05) is 0 Å². The highest BCUT2D eigenvalue weighted by Gasteiger charge is 2.18. The zero-order valence-corrected chi connectivity index (χ0v) is 11.7. The fourth-order valence-corrected chi connectivity index (χ4v) is 2.95. The second-order valence-electron chi connectivity index (χ2n) is 4.88. The van der Waals surface area contributed by atoms with E-state index in [0.29, 0.717) is 0 Å². The molecule has 18 heavy (non-hydrogen) atoms. The Balaban J connectivity index is 1.87. The molecule has 1 aromatic carbocycles. The van der Waals surface area contributed by atoms with Gasteiger partial charge in [-0.1, -0.05) is 28.1 Å². The lowest BCUT2D eigenvalue weighted by Gasteiger charge is -2.22. The molecule has 0 spiro atoms. The zero-order valence-electron chi connectivity index (χ0n) is 10.1. The number of nitrogens with two attached hydrogens (primary N) is 1. The number of aryl methyl sites for hydroxylation is 1. The molecule has 1 aromatic heterocycles. The van der Waals surface area contributed by atoms with Crippen LogP contribution in [0.5, 0.6) is 0 Å². The van der Waals surface area contributed by atoms with E-state index < -0.39 is 0 Å². The third kappa shape index (κ3) is 2.35. The Morgan fingerprint density at radius 1 is 1.44 bits per heavy atom. The lowest BCUT2D eigenvalue weighted by Crippen LogP contribution is -2.32. The first-order chi connectivity index (χ1) is 8.72. The van der Waals surface area contributed by atoms with Gasteiger partial charge in [0.2, 0.25) is 0 Å². The van der Waals surface area contributed by atoms with E-state index in [0.717, 1.165) is 36.1 Å². The van der Waals surface area contributed by atoms with Crippen molar-refractivity contribution in [3.05, 3.63) is 52.0 Å². The number of benzene rings is 1. The fraction of sp³-hybridized carbons (Fsp3) is 0.357. The molecule has 0 fully saturated rings. The molecule has 2 aromatic rings. The van der Waals surface area contributed by atoms with Crippen molar-refractivity contribution in [2.24, 2.45) is 5.73 Å². The van der Waals surface area contributed by atoms with Gasteiger partial charge in [-0.2, -0.15) is 0 Å². The SMILES string of the molecule is NC1CCc2cnc(Cc3cccc(Br)c3)n2C1. The number of aromatic nitrogens is 2. The number of nitrogens with zero attached hydrogens (tertiary/aromatic N) is 2. The Labute approximate surface area is 115 Å². The lowest BCUT2D eigenvalue weighted by molar-refractivity contribution is 0.451. The van der Waals surface area contributed by atoms with E-state index in [-0.39, 0.29) is 6.04 Å². The fourth-order valence-electron chi connectivity index (χ4n) is 2.51. The van der Waals surface area contributed by atoms with Gasteiger partial charge in [-0.25, -0.2) is 4.98 Å². The van der Waals surface area contributed by atoms with Gasteiger partial charge in [0.05, 0.1) is 0 Å². The van der Waals surface area contributed by atoms with Crippen LogP contribution in [0.15, 0.2) is 34.9 Å². The minimum atomic E-state index is 0.271. The van der Waals surface area contributed by atoms with Crippen molar-refractivity contribution in [1.82, 2.24) is 9.55 Å². The summed E-state index contributed by atoms with van der Waals surface area (Å²) >= 11 is 3.50. The molecule has 4 heteroatoms. The summed E-state index contributed by atoms with van der Waals surface area (Å²) in [6, 6.07) is 8.65. The molecule has 0 radical (unpaired) electrons. The highest BCUT2D eigenvalue weighted by atomic mass is 79.9. The molecule has 1 unspecified atom stereocenters. The topological polar surface area (TPSA) is 43.8 Å². The maximum atomic E-state index is 6.04. The number of hydrogen-bond donors (Lipinski definition) is 1. The molecule has 1 atom stereocenters. The van der Waals surface area contributed by atoms with Crippen molar-refractivity contribution in [1.29, 1.82) is 0 Å². The Bertz CT molecular complexity index is 562. The van der Waals surface area contributed by atoms with Gasteiger partial charge >= 0.3 is 0 Å². The van der Waals surface area contributed by atoms with Crippen molar-refractivity contribution in [3.8, 4) is 0 Å². The van der Waals surface area contributed by atoms with Crippen LogP contribution >= 0.6 is 15.9 Å². The second kappa shape index (κ2) is 4.86. The van der Waals surface area contributed by atoms with E-state index in [2.05, 4.69) is 43.7 Å². The number of hydrogen-bond acceptors (Lipinski definition) is 2. The van der Waals surface area contributed by atoms with Gasteiger partial charge in [0, 0.05) is 35.4 Å². The summed E-state index contributed by atoms with van der Waals surface area (Å²) in [5.74, 6) is 1.12. The quantitative estimate of drug-likeness (QED) is 0.926. The largest absolute Gasteiger partial charge is 0.330 e. The minimum Gasteiger partial charge on any atom is -0.330 e. The molecule has 0 saturated carbocycles. The smallest absolute Gasteiger partial charge is 0.113 e. The third-order valence-electron chi connectivity index (χ3n) is 3.46. The third-order valence-corrected chi connectivity index (χ3v) is 3.95. The molecule has 2 N–H and O–H groups in total. The average Bonchev–Trinajstić information content (AvgIpc) is 2.72. The first kappa shape index (κ1) is 11.9. The molecule has 2 heterocycles. The molecule has 1 aliphatic rings. The molecule has 0 saturated heterocycles. The van der Waals surface area contributed by atoms with Crippen LogP contribution in [0.25, 0.3) is 0 Å². The van der Waals surface area contributed by atoms with Crippen molar-refractivity contribution >= 4 is 15.9 Å². The summed E-state index contributed by atoms with van der Waals surface area (Å²) in [5, 5.41) is 0. The van der Waals surface area contributed by atoms with E-state index in [1.807, 2.05) is 12.3 Å². The number of rotatable bonds is 2. The summed E-state index contributed by atoms with van der Waals surface area (Å²) in [6.45, 7) is 0.901. The predicted molar refractivity (Wildman–Crippen MR) is 75.5 cm³/mol. The highest BCUT2D eigenvalue weighted by molar-refractivity contribution is 9.10. The van der Waals surface area contributed by atoms with Crippen LogP contribution in [0.3, 0.4) is 0 Å². The molecule has 1 aliphatic heterocycles. The van der Waals surface area contributed by atoms with Gasteiger partial charge in [-0.3, -0.25) is 0 Å². The van der Waals surface area contributed by atoms with Crippen molar-refractivity contribution in [3.63, 3.8) is 0 Å². The minimum absolute atomic E-state index is 0.271.